The highest BCUT2D eigenvalue weighted by atomic mass is 16.4. The number of urea groups is 1. The Hall–Kier alpha value is -3.06. The molecule has 0 saturated heterocycles. The Morgan fingerprint density at radius 3 is 2.23 bits per heavy atom. The molecule has 1 aromatic rings. The number of hydrogen-bond acceptors (Lipinski definition) is 9. The summed E-state index contributed by atoms with van der Waals surface area (Å²) in [5.41, 5.74) is 10.7. The van der Waals surface area contributed by atoms with E-state index in [4.69, 9.17) is 21.0 Å². The molecule has 4 atom stereocenters. The number of Topliss-reactive ketones (excluding diaryl/α,β-unsaturated/α-hetero) is 1. The summed E-state index contributed by atoms with van der Waals surface area (Å²) < 4.78 is 5.19. The van der Waals surface area contributed by atoms with E-state index in [0.29, 0.717) is 0 Å². The third-order valence-corrected chi connectivity index (χ3v) is 3.16. The topological polar surface area (TPSA) is 224 Å². The van der Waals surface area contributed by atoms with E-state index >= 15 is 0 Å². The first kappa shape index (κ1) is 21.0. The van der Waals surface area contributed by atoms with E-state index in [9.17, 15) is 24.3 Å². The van der Waals surface area contributed by atoms with Gasteiger partial charge < -0.3 is 36.7 Å². The first-order valence-corrected chi connectivity index (χ1v) is 7.38. The number of aliphatic carboxylic acids is 1. The average molecular weight is 372 g/mol. The van der Waals surface area contributed by atoms with Crippen molar-refractivity contribution < 1.29 is 33.8 Å². The summed E-state index contributed by atoms with van der Waals surface area (Å²) in [4.78, 5) is 45.5. The zero-order valence-electron chi connectivity index (χ0n) is 14.0. The van der Waals surface area contributed by atoms with E-state index in [1.165, 1.54) is 6.92 Å². The van der Waals surface area contributed by atoms with Gasteiger partial charge in [0.2, 0.25) is 17.7 Å². The Kier molecular flexibility index (Phi) is 7.16. The number of aromatic nitrogens is 2. The quantitative estimate of drug-likeness (QED) is 0.272. The first-order chi connectivity index (χ1) is 12.0. The molecule has 0 aliphatic carbocycles. The summed E-state index contributed by atoms with van der Waals surface area (Å²) in [6.07, 6.45) is -1.65. The van der Waals surface area contributed by atoms with Crippen LogP contribution in [0.2, 0.25) is 0 Å². The molecule has 1 aromatic heterocycles. The molecule has 0 aliphatic heterocycles. The monoisotopic (exact) mass is 372 g/mol. The van der Waals surface area contributed by atoms with Crippen LogP contribution in [0.25, 0.3) is 0 Å². The number of rotatable bonds is 9. The van der Waals surface area contributed by atoms with Gasteiger partial charge in [0.1, 0.15) is 0 Å². The molecule has 0 aromatic carbocycles. The number of ketones is 1. The summed E-state index contributed by atoms with van der Waals surface area (Å²) in [6.45, 7) is 2.30. The predicted molar refractivity (Wildman–Crippen MR) is 83.2 cm³/mol. The number of carbonyl (C=O) groups excluding carboxylic acids is 3. The third-order valence-electron chi connectivity index (χ3n) is 3.16. The van der Waals surface area contributed by atoms with E-state index in [0.717, 1.165) is 6.92 Å². The van der Waals surface area contributed by atoms with Crippen molar-refractivity contribution in [2.24, 2.45) is 11.5 Å². The molecule has 0 aliphatic rings. The number of nitrogens with two attached hydrogens (primary N) is 2. The van der Waals surface area contributed by atoms with Crippen LogP contribution in [-0.2, 0) is 14.4 Å². The third kappa shape index (κ3) is 5.78. The Morgan fingerprint density at radius 1 is 1.19 bits per heavy atom. The van der Waals surface area contributed by atoms with Crippen molar-refractivity contribution in [2.45, 2.75) is 44.5 Å². The average Bonchev–Trinajstić information content (AvgIpc) is 2.98. The fourth-order valence-corrected chi connectivity index (χ4v) is 1.86. The highest BCUT2D eigenvalue weighted by Crippen LogP contribution is 2.17. The van der Waals surface area contributed by atoms with Gasteiger partial charge >= 0.3 is 12.0 Å². The lowest BCUT2D eigenvalue weighted by Crippen LogP contribution is -2.52. The molecule has 0 spiro atoms. The van der Waals surface area contributed by atoms with Crippen LogP contribution in [0.3, 0.4) is 0 Å². The van der Waals surface area contributed by atoms with Crippen LogP contribution in [0.5, 0.6) is 0 Å². The molecule has 13 nitrogen and oxygen atoms in total. The Balaban J connectivity index is 2.88. The van der Waals surface area contributed by atoms with Crippen LogP contribution >= 0.6 is 0 Å². The highest BCUT2D eigenvalue weighted by molar-refractivity contribution is 5.89. The Labute approximate surface area is 147 Å². The predicted octanol–water partition coefficient (Wildman–Crippen LogP) is -2.29. The van der Waals surface area contributed by atoms with Gasteiger partial charge in [-0.15, -0.1) is 10.2 Å². The number of hydrogen-bond donors (Lipinski definition) is 6. The minimum Gasteiger partial charge on any atom is -0.480 e. The summed E-state index contributed by atoms with van der Waals surface area (Å²) in [7, 11) is 0. The molecule has 4 unspecified atom stereocenters. The fraction of sp³-hybridized carbons (Fsp3) is 0.538. The second kappa shape index (κ2) is 8.87. The van der Waals surface area contributed by atoms with E-state index in [1.807, 2.05) is 5.32 Å². The van der Waals surface area contributed by atoms with Crippen LogP contribution < -0.4 is 22.1 Å². The molecule has 1 heterocycles. The highest BCUT2D eigenvalue weighted by Gasteiger charge is 2.30. The minimum absolute atomic E-state index is 0.167. The molecule has 0 bridgehead atoms. The lowest BCUT2D eigenvalue weighted by molar-refractivity contribution is -0.141. The molecule has 3 amide bonds. The molecular formula is C13H20N6O7. The molecule has 26 heavy (non-hydrogen) atoms. The maximum absolute atomic E-state index is 11.9. The number of carboxylic acids is 1. The number of nitrogens with zero attached hydrogens (tertiary/aromatic N) is 2. The van der Waals surface area contributed by atoms with Crippen molar-refractivity contribution in [1.82, 2.24) is 20.8 Å². The standard InChI is InChI=1S/C13H20N6O7/c1-4(20)8(16-13(25)17-9(5(2)21)12(23)24)11-19-18-10(26-11)6(14)3-7(15)22/h5-6,8-9,21H,3,14H2,1-2H3,(H2,15,22)(H,23,24)(H2,16,17,25). The zero-order chi connectivity index (χ0) is 20.0. The SMILES string of the molecule is CC(=O)C(NC(=O)NC(C(=O)O)C(C)O)c1nnc(C(N)CC(N)=O)o1. The maximum Gasteiger partial charge on any atom is 0.328 e. The number of nitrogens with one attached hydrogen (secondary N) is 2. The largest absolute Gasteiger partial charge is 0.480 e. The van der Waals surface area contributed by atoms with E-state index < -0.39 is 47.9 Å². The van der Waals surface area contributed by atoms with Crippen molar-refractivity contribution in [1.29, 1.82) is 0 Å². The first-order valence-electron chi connectivity index (χ1n) is 7.38. The van der Waals surface area contributed by atoms with Gasteiger partial charge in [-0.3, -0.25) is 9.59 Å². The Bertz CT molecular complexity index is 688. The van der Waals surface area contributed by atoms with Gasteiger partial charge in [0.15, 0.2) is 17.9 Å². The van der Waals surface area contributed by atoms with Crippen LogP contribution in [0.1, 0.15) is 44.1 Å². The van der Waals surface area contributed by atoms with Gasteiger partial charge in [-0.1, -0.05) is 0 Å². The minimum atomic E-state index is -1.59. The fourth-order valence-electron chi connectivity index (χ4n) is 1.86. The van der Waals surface area contributed by atoms with Crippen molar-refractivity contribution in [3.05, 3.63) is 11.8 Å². The molecule has 0 radical (unpaired) electrons. The van der Waals surface area contributed by atoms with Crippen molar-refractivity contribution in [2.75, 3.05) is 0 Å². The smallest absolute Gasteiger partial charge is 0.328 e. The van der Waals surface area contributed by atoms with Crippen LogP contribution in [-0.4, -0.2) is 56.2 Å². The van der Waals surface area contributed by atoms with Crippen molar-refractivity contribution in [3.8, 4) is 0 Å². The van der Waals surface area contributed by atoms with Gasteiger partial charge in [0.05, 0.1) is 18.6 Å². The number of aliphatic hydroxyl groups excluding tert-OH is 1. The number of aliphatic hydroxyl groups is 1. The molecule has 1 rings (SSSR count). The van der Waals surface area contributed by atoms with Gasteiger partial charge in [0, 0.05) is 0 Å². The maximum atomic E-state index is 11.9. The lowest BCUT2D eigenvalue weighted by atomic mass is 10.2. The summed E-state index contributed by atoms with van der Waals surface area (Å²) in [6, 6.07) is -5.02. The molecule has 8 N–H and O–H groups in total. The second-order valence-corrected chi connectivity index (χ2v) is 5.47. The van der Waals surface area contributed by atoms with Crippen molar-refractivity contribution >= 4 is 23.7 Å². The van der Waals surface area contributed by atoms with Crippen LogP contribution in [0, 0.1) is 0 Å². The summed E-state index contributed by atoms with van der Waals surface area (Å²) in [5, 5.41) is 29.6. The Morgan fingerprint density at radius 2 is 1.77 bits per heavy atom. The van der Waals surface area contributed by atoms with Gasteiger partial charge in [0.25, 0.3) is 0 Å². The molecule has 13 heteroatoms. The molecule has 0 saturated carbocycles. The molecule has 144 valence electrons. The van der Waals surface area contributed by atoms with Gasteiger partial charge in [-0.25, -0.2) is 9.59 Å². The van der Waals surface area contributed by atoms with Gasteiger partial charge in [-0.05, 0) is 13.8 Å². The van der Waals surface area contributed by atoms with Crippen LogP contribution in [0.4, 0.5) is 4.79 Å². The summed E-state index contributed by atoms with van der Waals surface area (Å²) in [5.74, 6) is -3.24. The number of carboxylic acid groups (broad SMARTS) is 1. The zero-order valence-corrected chi connectivity index (χ0v) is 14.0. The molecule has 0 fully saturated rings. The van der Waals surface area contributed by atoms with Crippen molar-refractivity contribution in [3.63, 3.8) is 0 Å². The number of primary amides is 1. The molecular weight excluding hydrogens is 352 g/mol. The summed E-state index contributed by atoms with van der Waals surface area (Å²) >= 11 is 0. The lowest BCUT2D eigenvalue weighted by Gasteiger charge is -2.19. The number of amides is 3. The van der Waals surface area contributed by atoms with E-state index in [-0.39, 0.29) is 18.2 Å². The van der Waals surface area contributed by atoms with Gasteiger partial charge in [-0.2, -0.15) is 0 Å². The van der Waals surface area contributed by atoms with Crippen LogP contribution in [0.15, 0.2) is 4.42 Å². The second-order valence-electron chi connectivity index (χ2n) is 5.47. The van der Waals surface area contributed by atoms with E-state index in [1.54, 1.807) is 0 Å². The van der Waals surface area contributed by atoms with E-state index in [2.05, 4.69) is 15.5 Å². The number of carbonyl (C=O) groups is 4. The normalized spacial score (nSPS) is 15.4.